The maximum Gasteiger partial charge on any atom is 0.194 e. The Morgan fingerprint density at radius 2 is 1.43 bits per heavy atom. The average Bonchev–Trinajstić information content (AvgIpc) is 2.52. The standard InChI is InChI=1S/C19H14F4/c1-2-3-11-6-13-5-4-12(8-15(13)16(20)7-11)14-9-17(21)19(23)18(22)10-14/h4-10H,2-3H2,1H3. The summed E-state index contributed by atoms with van der Waals surface area (Å²) in [6, 6.07) is 10.0. The van der Waals surface area contributed by atoms with E-state index in [1.165, 1.54) is 12.1 Å². The third-order valence-corrected chi connectivity index (χ3v) is 3.82. The van der Waals surface area contributed by atoms with E-state index in [4.69, 9.17) is 0 Å². The van der Waals surface area contributed by atoms with E-state index in [0.717, 1.165) is 35.9 Å². The molecule has 0 aliphatic carbocycles. The second-order valence-electron chi connectivity index (χ2n) is 5.52. The molecule has 0 fully saturated rings. The quantitative estimate of drug-likeness (QED) is 0.409. The summed E-state index contributed by atoms with van der Waals surface area (Å²) < 4.78 is 54.1. The first-order valence-corrected chi connectivity index (χ1v) is 7.36. The van der Waals surface area contributed by atoms with Crippen molar-refractivity contribution in [1.29, 1.82) is 0 Å². The van der Waals surface area contributed by atoms with E-state index in [1.807, 2.05) is 13.0 Å². The normalized spacial score (nSPS) is 11.2. The molecular formula is C19H14F4. The highest BCUT2D eigenvalue weighted by Crippen LogP contribution is 2.29. The van der Waals surface area contributed by atoms with Crippen molar-refractivity contribution in [2.75, 3.05) is 0 Å². The Labute approximate surface area is 131 Å². The molecule has 0 saturated heterocycles. The van der Waals surface area contributed by atoms with E-state index in [-0.39, 0.29) is 11.4 Å². The molecule has 0 N–H and O–H groups in total. The number of fused-ring (bicyclic) bond motifs is 1. The van der Waals surface area contributed by atoms with Crippen molar-refractivity contribution >= 4 is 10.8 Å². The molecule has 118 valence electrons. The van der Waals surface area contributed by atoms with Crippen LogP contribution in [0.5, 0.6) is 0 Å². The molecule has 0 bridgehead atoms. The Morgan fingerprint density at radius 3 is 2.09 bits per heavy atom. The van der Waals surface area contributed by atoms with E-state index in [2.05, 4.69) is 0 Å². The van der Waals surface area contributed by atoms with Gasteiger partial charge in [-0.2, -0.15) is 0 Å². The topological polar surface area (TPSA) is 0 Å². The Morgan fingerprint density at radius 1 is 0.739 bits per heavy atom. The lowest BCUT2D eigenvalue weighted by atomic mass is 9.98. The molecule has 0 heterocycles. The van der Waals surface area contributed by atoms with Crippen LogP contribution in [0.3, 0.4) is 0 Å². The van der Waals surface area contributed by atoms with Gasteiger partial charge in [0.25, 0.3) is 0 Å². The molecule has 0 aliphatic heterocycles. The van der Waals surface area contributed by atoms with E-state index in [0.29, 0.717) is 10.9 Å². The molecule has 0 atom stereocenters. The molecule has 0 saturated carbocycles. The van der Waals surface area contributed by atoms with Crippen molar-refractivity contribution in [2.24, 2.45) is 0 Å². The van der Waals surface area contributed by atoms with Gasteiger partial charge in [0.15, 0.2) is 17.5 Å². The highest BCUT2D eigenvalue weighted by atomic mass is 19.2. The van der Waals surface area contributed by atoms with E-state index < -0.39 is 17.5 Å². The molecule has 0 nitrogen and oxygen atoms in total. The monoisotopic (exact) mass is 318 g/mol. The van der Waals surface area contributed by atoms with Crippen molar-refractivity contribution in [1.82, 2.24) is 0 Å². The maximum absolute atomic E-state index is 14.3. The van der Waals surface area contributed by atoms with Crippen LogP contribution in [0, 0.1) is 23.3 Å². The van der Waals surface area contributed by atoms with Crippen LogP contribution in [0.2, 0.25) is 0 Å². The molecule has 3 aromatic rings. The Bertz CT molecular complexity index is 861. The Hall–Kier alpha value is -2.36. The zero-order valence-electron chi connectivity index (χ0n) is 12.5. The summed E-state index contributed by atoms with van der Waals surface area (Å²) in [6.07, 6.45) is 1.69. The van der Waals surface area contributed by atoms with Crippen molar-refractivity contribution in [2.45, 2.75) is 19.8 Å². The summed E-state index contributed by atoms with van der Waals surface area (Å²) in [4.78, 5) is 0. The van der Waals surface area contributed by atoms with Crippen LogP contribution >= 0.6 is 0 Å². The summed E-state index contributed by atoms with van der Waals surface area (Å²) in [7, 11) is 0. The number of aryl methyl sites for hydroxylation is 1. The first-order chi connectivity index (χ1) is 11.0. The lowest BCUT2D eigenvalue weighted by Crippen LogP contribution is -1.93. The average molecular weight is 318 g/mol. The molecule has 0 aliphatic rings. The molecule has 4 heteroatoms. The fourth-order valence-corrected chi connectivity index (χ4v) is 2.71. The summed E-state index contributed by atoms with van der Waals surface area (Å²) in [5.74, 6) is -4.42. The third kappa shape index (κ3) is 2.93. The van der Waals surface area contributed by atoms with Crippen molar-refractivity contribution in [3.05, 3.63) is 71.3 Å². The van der Waals surface area contributed by atoms with Gasteiger partial charge in [-0.05, 0) is 52.8 Å². The number of hydrogen-bond acceptors (Lipinski definition) is 0. The number of halogens is 4. The van der Waals surface area contributed by atoms with Gasteiger partial charge in [-0.15, -0.1) is 0 Å². The second-order valence-corrected chi connectivity index (χ2v) is 5.52. The Balaban J connectivity index is 2.13. The van der Waals surface area contributed by atoms with Crippen LogP contribution in [0.4, 0.5) is 17.6 Å². The molecule has 0 spiro atoms. The lowest BCUT2D eigenvalue weighted by Gasteiger charge is -2.08. The minimum absolute atomic E-state index is 0.167. The molecule has 0 aromatic heterocycles. The van der Waals surface area contributed by atoms with E-state index in [1.54, 1.807) is 12.1 Å². The molecule has 3 rings (SSSR count). The van der Waals surface area contributed by atoms with Gasteiger partial charge in [0.05, 0.1) is 0 Å². The first kappa shape index (κ1) is 15.5. The van der Waals surface area contributed by atoms with Gasteiger partial charge >= 0.3 is 0 Å². The van der Waals surface area contributed by atoms with Crippen LogP contribution in [-0.2, 0) is 6.42 Å². The van der Waals surface area contributed by atoms with Crippen LogP contribution in [0.1, 0.15) is 18.9 Å². The third-order valence-electron chi connectivity index (χ3n) is 3.82. The zero-order chi connectivity index (χ0) is 16.6. The molecular weight excluding hydrogens is 304 g/mol. The van der Waals surface area contributed by atoms with Crippen molar-refractivity contribution in [3.63, 3.8) is 0 Å². The largest absolute Gasteiger partial charge is 0.206 e. The van der Waals surface area contributed by atoms with Gasteiger partial charge in [0.1, 0.15) is 5.82 Å². The van der Waals surface area contributed by atoms with Gasteiger partial charge in [0, 0.05) is 5.39 Å². The van der Waals surface area contributed by atoms with Crippen LogP contribution in [0.25, 0.3) is 21.9 Å². The second kappa shape index (κ2) is 6.03. The van der Waals surface area contributed by atoms with Gasteiger partial charge in [-0.3, -0.25) is 0 Å². The molecule has 0 amide bonds. The summed E-state index contributed by atoms with van der Waals surface area (Å²) in [6.45, 7) is 2.02. The highest BCUT2D eigenvalue weighted by molar-refractivity contribution is 5.88. The highest BCUT2D eigenvalue weighted by Gasteiger charge is 2.13. The van der Waals surface area contributed by atoms with Gasteiger partial charge in [-0.1, -0.05) is 31.5 Å². The van der Waals surface area contributed by atoms with Crippen LogP contribution in [-0.4, -0.2) is 0 Å². The van der Waals surface area contributed by atoms with E-state index >= 15 is 0 Å². The molecule has 0 unspecified atom stereocenters. The Kier molecular flexibility index (Phi) is 4.07. The molecule has 0 radical (unpaired) electrons. The predicted molar refractivity (Wildman–Crippen MR) is 83.2 cm³/mol. The summed E-state index contributed by atoms with van der Waals surface area (Å²) >= 11 is 0. The summed E-state index contributed by atoms with van der Waals surface area (Å²) in [5, 5.41) is 1.09. The fraction of sp³-hybridized carbons (Fsp3) is 0.158. The zero-order valence-corrected chi connectivity index (χ0v) is 12.5. The number of hydrogen-bond donors (Lipinski definition) is 0. The SMILES string of the molecule is CCCc1cc(F)c2cc(-c3cc(F)c(F)c(F)c3)ccc2c1. The minimum Gasteiger partial charge on any atom is -0.206 e. The van der Waals surface area contributed by atoms with Crippen LogP contribution < -0.4 is 0 Å². The smallest absolute Gasteiger partial charge is 0.194 e. The number of rotatable bonds is 3. The first-order valence-electron chi connectivity index (χ1n) is 7.36. The van der Waals surface area contributed by atoms with Crippen molar-refractivity contribution < 1.29 is 17.6 Å². The molecule has 3 aromatic carbocycles. The fourth-order valence-electron chi connectivity index (χ4n) is 2.71. The van der Waals surface area contributed by atoms with Crippen molar-refractivity contribution in [3.8, 4) is 11.1 Å². The molecule has 23 heavy (non-hydrogen) atoms. The van der Waals surface area contributed by atoms with E-state index in [9.17, 15) is 17.6 Å². The van der Waals surface area contributed by atoms with Gasteiger partial charge in [0.2, 0.25) is 0 Å². The van der Waals surface area contributed by atoms with Gasteiger partial charge < -0.3 is 0 Å². The summed E-state index contributed by atoms with van der Waals surface area (Å²) in [5.41, 5.74) is 1.50. The predicted octanol–water partition coefficient (Wildman–Crippen LogP) is 6.02. The van der Waals surface area contributed by atoms with Crippen LogP contribution in [0.15, 0.2) is 42.5 Å². The number of benzene rings is 3. The maximum atomic E-state index is 14.3. The minimum atomic E-state index is -1.51. The lowest BCUT2D eigenvalue weighted by molar-refractivity contribution is 0.448. The van der Waals surface area contributed by atoms with Gasteiger partial charge in [-0.25, -0.2) is 17.6 Å².